The Balaban J connectivity index is 1.46. The van der Waals surface area contributed by atoms with Crippen LogP contribution >= 0.6 is 0 Å². The lowest BCUT2D eigenvalue weighted by atomic mass is 10.0. The maximum atomic E-state index is 13.9. The molecule has 0 aliphatic carbocycles. The average Bonchev–Trinajstić information content (AvgIpc) is 3.52. The Morgan fingerprint density at radius 3 is 2.65 bits per heavy atom. The van der Waals surface area contributed by atoms with Crippen LogP contribution in [0.5, 0.6) is 11.5 Å². The molecule has 2 aromatic heterocycles. The number of ether oxygens (including phenoxy) is 2. The summed E-state index contributed by atoms with van der Waals surface area (Å²) in [6.07, 6.45) is 4.60. The second-order valence-electron chi connectivity index (χ2n) is 11.7. The van der Waals surface area contributed by atoms with Gasteiger partial charge in [-0.2, -0.15) is 0 Å². The second kappa shape index (κ2) is 14.3. The number of nitrogens with zero attached hydrogens (tertiary/aromatic N) is 4. The first-order valence-electron chi connectivity index (χ1n) is 15.5. The molecule has 46 heavy (non-hydrogen) atoms. The van der Waals surface area contributed by atoms with Crippen LogP contribution in [0.2, 0.25) is 0 Å². The van der Waals surface area contributed by atoms with Gasteiger partial charge in [-0.1, -0.05) is 32.0 Å². The molecule has 2 N–H and O–H groups in total. The molecule has 0 fully saturated rings. The standard InChI is InChI=1S/C34H40N6O6/c1-22(2)30-32(42)36-13-7-15-39-17-14-35-31(39)24-11-12-27(45-4)28(20-24)46-18-8-16-40(21-29(41)37-30)34(44)25-19-23-9-5-6-10-26(23)38(3)33(25)43/h5-6,9-12,14,17,19-20,22,30H,7-8,13,15-16,18,21H2,1-4H3,(H,36,42)(H,37,41)/t30-/m1/s1. The first-order chi connectivity index (χ1) is 22.2. The van der Waals surface area contributed by atoms with Crippen LogP contribution in [-0.2, 0) is 23.2 Å². The molecule has 5 rings (SSSR count). The molecular formula is C34H40N6O6. The number of para-hydroxylation sites is 1. The fraction of sp³-hybridized carbons (Fsp3) is 0.382. The van der Waals surface area contributed by atoms with Gasteiger partial charge >= 0.3 is 0 Å². The topological polar surface area (TPSA) is 137 Å². The Morgan fingerprint density at radius 2 is 1.87 bits per heavy atom. The first kappa shape index (κ1) is 32.3. The largest absolute Gasteiger partial charge is 0.493 e. The third-order valence-corrected chi connectivity index (χ3v) is 8.09. The summed E-state index contributed by atoms with van der Waals surface area (Å²) in [5.41, 5.74) is 1.02. The molecule has 0 saturated carbocycles. The Hall–Kier alpha value is -5.13. The molecule has 0 unspecified atom stereocenters. The minimum absolute atomic E-state index is 0.0451. The predicted octanol–water partition coefficient (Wildman–Crippen LogP) is 2.98. The second-order valence-corrected chi connectivity index (χ2v) is 11.7. The highest BCUT2D eigenvalue weighted by Crippen LogP contribution is 2.32. The molecule has 2 bridgehead atoms. The molecule has 2 aromatic carbocycles. The fourth-order valence-corrected chi connectivity index (χ4v) is 5.61. The van der Waals surface area contributed by atoms with Crippen LogP contribution in [-0.4, -0.2) is 76.1 Å². The van der Waals surface area contributed by atoms with E-state index in [0.29, 0.717) is 42.9 Å². The van der Waals surface area contributed by atoms with Gasteiger partial charge in [0.05, 0.1) is 25.8 Å². The van der Waals surface area contributed by atoms with Gasteiger partial charge < -0.3 is 34.1 Å². The van der Waals surface area contributed by atoms with Crippen molar-refractivity contribution in [2.75, 3.05) is 33.4 Å². The summed E-state index contributed by atoms with van der Waals surface area (Å²) in [6, 6.07) is 13.6. The summed E-state index contributed by atoms with van der Waals surface area (Å²) < 4.78 is 15.1. The summed E-state index contributed by atoms with van der Waals surface area (Å²) >= 11 is 0. The number of methoxy groups -OCH3 is 1. The Kier molecular flexibility index (Phi) is 10.0. The van der Waals surface area contributed by atoms with Crippen LogP contribution in [0.25, 0.3) is 22.3 Å². The molecule has 1 aliphatic rings. The lowest BCUT2D eigenvalue weighted by Crippen LogP contribution is -2.53. The monoisotopic (exact) mass is 628 g/mol. The van der Waals surface area contributed by atoms with Gasteiger partial charge in [-0.05, 0) is 54.5 Å². The van der Waals surface area contributed by atoms with E-state index in [1.807, 2.05) is 67.1 Å². The van der Waals surface area contributed by atoms with Crippen molar-refractivity contribution in [1.82, 2.24) is 29.7 Å². The number of hydrogen-bond donors (Lipinski definition) is 2. The molecule has 3 heterocycles. The van der Waals surface area contributed by atoms with Gasteiger partial charge in [-0.15, -0.1) is 0 Å². The van der Waals surface area contributed by atoms with Crippen LogP contribution in [0.15, 0.2) is 65.7 Å². The molecule has 1 atom stereocenters. The van der Waals surface area contributed by atoms with Crippen LogP contribution in [0.4, 0.5) is 0 Å². The number of amides is 3. The molecule has 12 heteroatoms. The minimum atomic E-state index is -0.804. The van der Waals surface area contributed by atoms with Crippen LogP contribution in [0.3, 0.4) is 0 Å². The first-order valence-corrected chi connectivity index (χ1v) is 15.5. The zero-order chi connectivity index (χ0) is 32.8. The summed E-state index contributed by atoms with van der Waals surface area (Å²) in [4.78, 5) is 59.6. The van der Waals surface area contributed by atoms with Gasteiger partial charge in [0.2, 0.25) is 11.8 Å². The highest BCUT2D eigenvalue weighted by molar-refractivity contribution is 5.99. The van der Waals surface area contributed by atoms with Crippen molar-refractivity contribution >= 4 is 28.6 Å². The highest BCUT2D eigenvalue weighted by Gasteiger charge is 2.27. The lowest BCUT2D eigenvalue weighted by molar-refractivity contribution is -0.130. The molecule has 242 valence electrons. The van der Waals surface area contributed by atoms with Crippen molar-refractivity contribution in [2.24, 2.45) is 13.0 Å². The molecule has 4 aromatic rings. The van der Waals surface area contributed by atoms with Gasteiger partial charge in [0.25, 0.3) is 11.5 Å². The van der Waals surface area contributed by atoms with E-state index in [-0.39, 0.29) is 37.1 Å². The van der Waals surface area contributed by atoms with E-state index in [1.165, 1.54) is 9.47 Å². The molecule has 0 saturated heterocycles. The highest BCUT2D eigenvalue weighted by atomic mass is 16.5. The molecular weight excluding hydrogens is 588 g/mol. The van der Waals surface area contributed by atoms with Crippen molar-refractivity contribution in [3.63, 3.8) is 0 Å². The number of aromatic nitrogens is 3. The van der Waals surface area contributed by atoms with E-state index in [2.05, 4.69) is 15.6 Å². The van der Waals surface area contributed by atoms with Crippen molar-refractivity contribution < 1.29 is 23.9 Å². The molecule has 3 amide bonds. The number of rotatable bonds is 3. The molecule has 1 aliphatic heterocycles. The Labute approximate surface area is 267 Å². The lowest BCUT2D eigenvalue weighted by Gasteiger charge is -2.26. The summed E-state index contributed by atoms with van der Waals surface area (Å²) in [5.74, 6) is 0.213. The summed E-state index contributed by atoms with van der Waals surface area (Å²) in [7, 11) is 3.18. The van der Waals surface area contributed by atoms with Gasteiger partial charge in [0, 0.05) is 44.6 Å². The number of nitrogens with one attached hydrogen (secondary N) is 2. The summed E-state index contributed by atoms with van der Waals surface area (Å²) in [5, 5.41) is 6.47. The van der Waals surface area contributed by atoms with E-state index in [0.717, 1.165) is 16.8 Å². The maximum absolute atomic E-state index is 13.9. The van der Waals surface area contributed by atoms with Crippen molar-refractivity contribution in [2.45, 2.75) is 39.3 Å². The van der Waals surface area contributed by atoms with E-state index in [9.17, 15) is 19.2 Å². The number of carbonyl (C=O) groups is 3. The van der Waals surface area contributed by atoms with Gasteiger partial charge in [-0.3, -0.25) is 19.2 Å². The van der Waals surface area contributed by atoms with Crippen LogP contribution in [0.1, 0.15) is 37.0 Å². The quantitative estimate of drug-likeness (QED) is 0.356. The zero-order valence-electron chi connectivity index (χ0n) is 26.6. The van der Waals surface area contributed by atoms with Crippen molar-refractivity contribution in [1.29, 1.82) is 0 Å². The number of hydrogen-bond acceptors (Lipinski definition) is 7. The van der Waals surface area contributed by atoms with E-state index < -0.39 is 23.4 Å². The van der Waals surface area contributed by atoms with E-state index >= 15 is 0 Å². The number of aryl methyl sites for hydroxylation is 2. The normalized spacial score (nSPS) is 16.8. The van der Waals surface area contributed by atoms with E-state index in [4.69, 9.17) is 9.47 Å². The minimum Gasteiger partial charge on any atom is -0.493 e. The van der Waals surface area contributed by atoms with E-state index in [1.54, 1.807) is 26.4 Å². The number of pyridine rings is 1. The van der Waals surface area contributed by atoms with Crippen molar-refractivity contribution in [3.05, 3.63) is 76.8 Å². The summed E-state index contributed by atoms with van der Waals surface area (Å²) in [6.45, 7) is 4.67. The molecule has 0 radical (unpaired) electrons. The SMILES string of the molecule is COc1ccc2cc1OCCCN(C(=O)c1cc3ccccc3n(C)c1=O)CC(=O)N[C@H](C(C)C)C(=O)NCCCn1ccnc1-2. The average molecular weight is 629 g/mol. The number of benzene rings is 2. The van der Waals surface area contributed by atoms with Gasteiger partial charge in [-0.25, -0.2) is 4.98 Å². The number of fused-ring (bicyclic) bond motifs is 5. The molecule has 12 nitrogen and oxygen atoms in total. The Bertz CT molecular complexity index is 1790. The maximum Gasteiger partial charge on any atom is 0.263 e. The zero-order valence-corrected chi connectivity index (χ0v) is 26.6. The van der Waals surface area contributed by atoms with Crippen molar-refractivity contribution in [3.8, 4) is 22.9 Å². The third-order valence-electron chi connectivity index (χ3n) is 8.09. The Morgan fingerprint density at radius 1 is 1.07 bits per heavy atom. The smallest absolute Gasteiger partial charge is 0.263 e. The number of carbonyl (C=O) groups excluding carboxylic acids is 3. The van der Waals surface area contributed by atoms with Crippen LogP contribution < -0.4 is 25.7 Å². The van der Waals surface area contributed by atoms with Gasteiger partial charge in [0.15, 0.2) is 11.5 Å². The predicted molar refractivity (Wildman–Crippen MR) is 174 cm³/mol. The van der Waals surface area contributed by atoms with Gasteiger partial charge in [0.1, 0.15) is 17.4 Å². The fourth-order valence-electron chi connectivity index (χ4n) is 5.61. The molecule has 0 spiro atoms. The van der Waals surface area contributed by atoms with Crippen LogP contribution in [0, 0.1) is 5.92 Å². The third kappa shape index (κ3) is 7.06. The number of imidazole rings is 1.